The standard InChI is InChI=1S/C4H10ClN.ClH/c1-4(2,6)3-5;/h3,6H2,1-2H3;1H. The summed E-state index contributed by atoms with van der Waals surface area (Å²) in [4.78, 5) is 0. The van der Waals surface area contributed by atoms with Crippen LogP contribution < -0.4 is 5.73 Å². The first kappa shape index (κ1) is 10.5. The van der Waals surface area contributed by atoms with Crippen molar-refractivity contribution in [2.24, 2.45) is 5.73 Å². The van der Waals surface area contributed by atoms with E-state index in [0.29, 0.717) is 5.88 Å². The van der Waals surface area contributed by atoms with Gasteiger partial charge in [0, 0.05) is 11.4 Å². The monoisotopic (exact) mass is 143 g/mol. The van der Waals surface area contributed by atoms with E-state index in [4.69, 9.17) is 17.3 Å². The van der Waals surface area contributed by atoms with Crippen LogP contribution in [0.4, 0.5) is 0 Å². The Morgan fingerprint density at radius 1 is 1.57 bits per heavy atom. The number of alkyl halides is 1. The molecule has 7 heavy (non-hydrogen) atoms. The quantitative estimate of drug-likeness (QED) is 0.553. The van der Waals surface area contributed by atoms with E-state index < -0.39 is 0 Å². The minimum absolute atomic E-state index is 0. The summed E-state index contributed by atoms with van der Waals surface area (Å²) in [6.45, 7) is 3.78. The molecular formula is C4H11Cl2N. The Morgan fingerprint density at radius 3 is 1.71 bits per heavy atom. The number of halogens is 2. The summed E-state index contributed by atoms with van der Waals surface area (Å²) in [5, 5.41) is 0. The summed E-state index contributed by atoms with van der Waals surface area (Å²) in [5.74, 6) is 0.521. The minimum atomic E-state index is -0.193. The Morgan fingerprint density at radius 2 is 1.71 bits per heavy atom. The van der Waals surface area contributed by atoms with Gasteiger partial charge in [-0.25, -0.2) is 0 Å². The fraction of sp³-hybridized carbons (Fsp3) is 1.00. The third-order valence-corrected chi connectivity index (χ3v) is 1.03. The Bertz CT molecular complexity index is 39.4. The number of hydrogen-bond acceptors (Lipinski definition) is 1. The second-order valence-corrected chi connectivity index (χ2v) is 2.39. The first-order valence-corrected chi connectivity index (χ1v) is 2.44. The summed E-state index contributed by atoms with van der Waals surface area (Å²) in [5.41, 5.74) is 5.21. The molecule has 0 aliphatic rings. The predicted molar refractivity (Wildman–Crippen MR) is 36.2 cm³/mol. The molecule has 0 rings (SSSR count). The second-order valence-electron chi connectivity index (χ2n) is 2.12. The molecule has 0 atom stereocenters. The van der Waals surface area contributed by atoms with Gasteiger partial charge in [-0.15, -0.1) is 24.0 Å². The number of hydrogen-bond donors (Lipinski definition) is 1. The van der Waals surface area contributed by atoms with Crippen molar-refractivity contribution in [1.82, 2.24) is 0 Å². The molecule has 3 heteroatoms. The maximum atomic E-state index is 5.40. The van der Waals surface area contributed by atoms with E-state index in [-0.39, 0.29) is 17.9 Å². The number of rotatable bonds is 1. The minimum Gasteiger partial charge on any atom is -0.325 e. The van der Waals surface area contributed by atoms with Crippen molar-refractivity contribution < 1.29 is 0 Å². The van der Waals surface area contributed by atoms with Crippen LogP contribution in [-0.4, -0.2) is 11.4 Å². The van der Waals surface area contributed by atoms with Crippen molar-refractivity contribution in [3.63, 3.8) is 0 Å². The molecule has 0 aromatic heterocycles. The fourth-order valence-electron chi connectivity index (χ4n) is 0. The van der Waals surface area contributed by atoms with Gasteiger partial charge in [-0.2, -0.15) is 0 Å². The van der Waals surface area contributed by atoms with Crippen LogP contribution in [0.5, 0.6) is 0 Å². The molecule has 2 N–H and O–H groups in total. The molecule has 0 spiro atoms. The van der Waals surface area contributed by atoms with E-state index in [1.54, 1.807) is 0 Å². The van der Waals surface area contributed by atoms with Gasteiger partial charge in [-0.1, -0.05) is 0 Å². The fourth-order valence-corrected chi connectivity index (χ4v) is 0. The third-order valence-electron chi connectivity index (χ3n) is 0.344. The predicted octanol–water partition coefficient (Wildman–Crippen LogP) is 1.38. The van der Waals surface area contributed by atoms with Crippen LogP contribution in [-0.2, 0) is 0 Å². The molecule has 0 saturated heterocycles. The highest BCUT2D eigenvalue weighted by atomic mass is 35.5. The van der Waals surface area contributed by atoms with E-state index in [9.17, 15) is 0 Å². The highest BCUT2D eigenvalue weighted by Crippen LogP contribution is 1.96. The lowest BCUT2D eigenvalue weighted by Gasteiger charge is -2.11. The normalized spacial score (nSPS) is 10.3. The SMILES string of the molecule is CC(C)(N)CCl.Cl. The molecule has 0 aliphatic carbocycles. The highest BCUT2D eigenvalue weighted by Gasteiger charge is 2.05. The van der Waals surface area contributed by atoms with Crippen molar-refractivity contribution in [1.29, 1.82) is 0 Å². The molecule has 1 nitrogen and oxygen atoms in total. The zero-order valence-electron chi connectivity index (χ0n) is 4.57. The molecule has 0 heterocycles. The van der Waals surface area contributed by atoms with Gasteiger partial charge in [0.05, 0.1) is 0 Å². The zero-order valence-corrected chi connectivity index (χ0v) is 6.14. The third kappa shape index (κ3) is 10.8. The zero-order chi connectivity index (χ0) is 5.21. The molecular weight excluding hydrogens is 133 g/mol. The van der Waals surface area contributed by atoms with Gasteiger partial charge in [0.25, 0.3) is 0 Å². The largest absolute Gasteiger partial charge is 0.325 e. The van der Waals surface area contributed by atoms with E-state index in [1.807, 2.05) is 13.8 Å². The van der Waals surface area contributed by atoms with Crippen molar-refractivity contribution in [3.05, 3.63) is 0 Å². The van der Waals surface area contributed by atoms with Crippen LogP contribution >= 0.6 is 24.0 Å². The van der Waals surface area contributed by atoms with Crippen molar-refractivity contribution >= 4 is 24.0 Å². The summed E-state index contributed by atoms with van der Waals surface area (Å²) in [6, 6.07) is 0. The Kier molecular flexibility index (Phi) is 5.30. The first-order chi connectivity index (χ1) is 2.56. The molecule has 46 valence electrons. The first-order valence-electron chi connectivity index (χ1n) is 1.91. The second kappa shape index (κ2) is 3.53. The lowest BCUT2D eigenvalue weighted by Crippen LogP contribution is -2.33. The van der Waals surface area contributed by atoms with Crippen molar-refractivity contribution in [2.45, 2.75) is 19.4 Å². The molecule has 0 aliphatic heterocycles. The Labute approximate surface area is 55.6 Å². The Hall–Kier alpha value is 0.540. The van der Waals surface area contributed by atoms with Gasteiger partial charge >= 0.3 is 0 Å². The summed E-state index contributed by atoms with van der Waals surface area (Å²) >= 11 is 5.35. The summed E-state index contributed by atoms with van der Waals surface area (Å²) in [7, 11) is 0. The van der Waals surface area contributed by atoms with E-state index in [2.05, 4.69) is 0 Å². The average molecular weight is 144 g/mol. The molecule has 0 bridgehead atoms. The van der Waals surface area contributed by atoms with Gasteiger partial charge in [-0.3, -0.25) is 0 Å². The summed E-state index contributed by atoms with van der Waals surface area (Å²) < 4.78 is 0. The van der Waals surface area contributed by atoms with Gasteiger partial charge in [0.15, 0.2) is 0 Å². The highest BCUT2D eigenvalue weighted by molar-refractivity contribution is 6.18. The molecule has 0 fully saturated rings. The van der Waals surface area contributed by atoms with Gasteiger partial charge in [-0.05, 0) is 13.8 Å². The molecule has 0 aromatic rings. The van der Waals surface area contributed by atoms with E-state index in [1.165, 1.54) is 0 Å². The molecule has 0 saturated carbocycles. The lowest BCUT2D eigenvalue weighted by molar-refractivity contribution is 0.587. The van der Waals surface area contributed by atoms with Crippen LogP contribution in [0.15, 0.2) is 0 Å². The maximum absolute atomic E-state index is 5.40. The lowest BCUT2D eigenvalue weighted by atomic mass is 10.1. The van der Waals surface area contributed by atoms with Gasteiger partial charge in [0.1, 0.15) is 0 Å². The van der Waals surface area contributed by atoms with E-state index >= 15 is 0 Å². The molecule has 0 aromatic carbocycles. The van der Waals surface area contributed by atoms with Gasteiger partial charge in [0.2, 0.25) is 0 Å². The van der Waals surface area contributed by atoms with Gasteiger partial charge < -0.3 is 5.73 Å². The van der Waals surface area contributed by atoms with Crippen LogP contribution in [0.3, 0.4) is 0 Å². The van der Waals surface area contributed by atoms with Crippen molar-refractivity contribution in [3.8, 4) is 0 Å². The Balaban J connectivity index is 0. The smallest absolute Gasteiger partial charge is 0.0398 e. The van der Waals surface area contributed by atoms with Crippen molar-refractivity contribution in [2.75, 3.05) is 5.88 Å². The number of nitrogens with two attached hydrogens (primary N) is 1. The summed E-state index contributed by atoms with van der Waals surface area (Å²) in [6.07, 6.45) is 0. The van der Waals surface area contributed by atoms with Crippen LogP contribution in [0, 0.1) is 0 Å². The van der Waals surface area contributed by atoms with Crippen LogP contribution in [0.25, 0.3) is 0 Å². The van der Waals surface area contributed by atoms with Crippen LogP contribution in [0.2, 0.25) is 0 Å². The molecule has 0 amide bonds. The maximum Gasteiger partial charge on any atom is 0.0398 e. The molecule has 0 radical (unpaired) electrons. The average Bonchev–Trinajstić information content (AvgIpc) is 1.35. The topological polar surface area (TPSA) is 26.0 Å². The molecule has 0 unspecified atom stereocenters. The van der Waals surface area contributed by atoms with E-state index in [0.717, 1.165) is 0 Å². The van der Waals surface area contributed by atoms with Crippen LogP contribution in [0.1, 0.15) is 13.8 Å².